The number of carbonyl (C=O) groups is 1. The van der Waals surface area contributed by atoms with Gasteiger partial charge in [-0.05, 0) is 47.4 Å². The van der Waals surface area contributed by atoms with E-state index in [1.807, 2.05) is 47.4 Å². The molecule has 1 saturated heterocycles. The molecule has 1 aliphatic rings. The van der Waals surface area contributed by atoms with Gasteiger partial charge in [0.25, 0.3) is 0 Å². The molecule has 0 saturated carbocycles. The first-order chi connectivity index (χ1) is 13.0. The average Bonchev–Trinajstić information content (AvgIpc) is 2.69. The lowest BCUT2D eigenvalue weighted by Gasteiger charge is -2.39. The van der Waals surface area contributed by atoms with Gasteiger partial charge in [0.05, 0.1) is 0 Å². The van der Waals surface area contributed by atoms with Crippen LogP contribution in [0.3, 0.4) is 0 Å². The summed E-state index contributed by atoms with van der Waals surface area (Å²) in [5.41, 5.74) is 3.92. The summed E-state index contributed by atoms with van der Waals surface area (Å²) in [5.74, 6) is -0.106. The van der Waals surface area contributed by atoms with Crippen LogP contribution in [-0.4, -0.2) is 12.5 Å². The maximum Gasteiger partial charge on any atom is 0.227 e. The van der Waals surface area contributed by atoms with Crippen LogP contribution in [0.1, 0.15) is 25.3 Å². The van der Waals surface area contributed by atoms with E-state index in [-0.39, 0.29) is 17.1 Å². The van der Waals surface area contributed by atoms with E-state index in [1.165, 1.54) is 17.7 Å². The van der Waals surface area contributed by atoms with E-state index in [0.29, 0.717) is 13.0 Å². The van der Waals surface area contributed by atoms with E-state index in [1.54, 1.807) is 12.1 Å². The smallest absolute Gasteiger partial charge is 0.227 e. The molecule has 1 heterocycles. The molecule has 27 heavy (non-hydrogen) atoms. The Balaban J connectivity index is 1.58. The highest BCUT2D eigenvalue weighted by atomic mass is 19.1. The van der Waals surface area contributed by atoms with E-state index in [0.717, 1.165) is 23.2 Å². The van der Waals surface area contributed by atoms with Crippen LogP contribution in [0, 0.1) is 5.82 Å². The third-order valence-corrected chi connectivity index (χ3v) is 5.54. The van der Waals surface area contributed by atoms with Gasteiger partial charge in [-0.1, -0.05) is 61.5 Å². The summed E-state index contributed by atoms with van der Waals surface area (Å²) in [5, 5.41) is 0. The Labute approximate surface area is 159 Å². The van der Waals surface area contributed by atoms with Crippen LogP contribution in [0.5, 0.6) is 0 Å². The van der Waals surface area contributed by atoms with Crippen molar-refractivity contribution in [1.29, 1.82) is 0 Å². The molecule has 3 aromatic rings. The van der Waals surface area contributed by atoms with Crippen LogP contribution in [0.25, 0.3) is 11.1 Å². The van der Waals surface area contributed by atoms with Crippen molar-refractivity contribution in [2.24, 2.45) is 0 Å². The van der Waals surface area contributed by atoms with Gasteiger partial charge in [0.15, 0.2) is 0 Å². The Morgan fingerprint density at radius 1 is 0.889 bits per heavy atom. The molecule has 1 unspecified atom stereocenters. The van der Waals surface area contributed by atoms with Gasteiger partial charge in [-0.25, -0.2) is 4.39 Å². The highest BCUT2D eigenvalue weighted by Crippen LogP contribution is 2.37. The molecule has 2 nitrogen and oxygen atoms in total. The van der Waals surface area contributed by atoms with E-state index in [4.69, 9.17) is 0 Å². The molecule has 1 fully saturated rings. The Morgan fingerprint density at radius 3 is 2.33 bits per heavy atom. The number of amides is 1. The predicted molar refractivity (Wildman–Crippen MR) is 107 cm³/mol. The molecule has 0 spiro atoms. The molecule has 3 aromatic carbocycles. The van der Waals surface area contributed by atoms with Crippen LogP contribution >= 0.6 is 0 Å². The minimum Gasteiger partial charge on any atom is -0.312 e. The number of halogens is 1. The van der Waals surface area contributed by atoms with Gasteiger partial charge in [-0.3, -0.25) is 4.79 Å². The minimum atomic E-state index is -0.249. The van der Waals surface area contributed by atoms with Gasteiger partial charge in [0.1, 0.15) is 5.82 Å². The lowest BCUT2D eigenvalue weighted by molar-refractivity contribution is -0.121. The maximum absolute atomic E-state index is 13.2. The lowest BCUT2D eigenvalue weighted by Crippen LogP contribution is -2.45. The zero-order valence-electron chi connectivity index (χ0n) is 15.4. The number of piperidine rings is 1. The van der Waals surface area contributed by atoms with Gasteiger partial charge in [0.2, 0.25) is 5.91 Å². The average molecular weight is 359 g/mol. The number of benzene rings is 3. The highest BCUT2D eigenvalue weighted by Gasteiger charge is 2.36. The Morgan fingerprint density at radius 2 is 1.63 bits per heavy atom. The van der Waals surface area contributed by atoms with Crippen molar-refractivity contribution >= 4 is 11.6 Å². The maximum atomic E-state index is 13.2. The molecular formula is C24H22FNO. The van der Waals surface area contributed by atoms with Crippen LogP contribution in [0.4, 0.5) is 10.1 Å². The SMILES string of the molecule is CC1(c2ccccc2)CCN(c2cccc(-c3ccc(F)cc3)c2)C(=O)C1. The van der Waals surface area contributed by atoms with E-state index in [2.05, 4.69) is 19.1 Å². The number of nitrogens with zero attached hydrogens (tertiary/aromatic N) is 1. The molecular weight excluding hydrogens is 337 g/mol. The van der Waals surface area contributed by atoms with Crippen molar-refractivity contribution in [3.05, 3.63) is 90.2 Å². The molecule has 1 aliphatic heterocycles. The van der Waals surface area contributed by atoms with Gasteiger partial charge >= 0.3 is 0 Å². The second-order valence-electron chi connectivity index (χ2n) is 7.46. The van der Waals surface area contributed by atoms with Crippen LogP contribution < -0.4 is 4.90 Å². The van der Waals surface area contributed by atoms with Crippen molar-refractivity contribution in [3.8, 4) is 11.1 Å². The molecule has 3 heteroatoms. The van der Waals surface area contributed by atoms with Crippen molar-refractivity contribution in [3.63, 3.8) is 0 Å². The lowest BCUT2D eigenvalue weighted by atomic mass is 9.74. The zero-order chi connectivity index (χ0) is 18.9. The summed E-state index contributed by atoms with van der Waals surface area (Å²) < 4.78 is 13.2. The quantitative estimate of drug-likeness (QED) is 0.598. The predicted octanol–water partition coefficient (Wildman–Crippen LogP) is 5.58. The summed E-state index contributed by atoms with van der Waals surface area (Å²) in [7, 11) is 0. The highest BCUT2D eigenvalue weighted by molar-refractivity contribution is 5.95. The summed E-state index contributed by atoms with van der Waals surface area (Å²) >= 11 is 0. The number of carbonyl (C=O) groups excluding carboxylic acids is 1. The monoisotopic (exact) mass is 359 g/mol. The van der Waals surface area contributed by atoms with Crippen molar-refractivity contribution in [2.75, 3.05) is 11.4 Å². The summed E-state index contributed by atoms with van der Waals surface area (Å²) in [6, 6.07) is 24.6. The van der Waals surface area contributed by atoms with Crippen molar-refractivity contribution in [1.82, 2.24) is 0 Å². The first-order valence-electron chi connectivity index (χ1n) is 9.27. The van der Waals surface area contributed by atoms with E-state index >= 15 is 0 Å². The molecule has 0 aromatic heterocycles. The normalized spacial score (nSPS) is 19.9. The second-order valence-corrected chi connectivity index (χ2v) is 7.46. The molecule has 0 bridgehead atoms. The topological polar surface area (TPSA) is 20.3 Å². The molecule has 0 N–H and O–H groups in total. The number of hydrogen-bond donors (Lipinski definition) is 0. The van der Waals surface area contributed by atoms with Gasteiger partial charge in [0, 0.05) is 24.1 Å². The third-order valence-electron chi connectivity index (χ3n) is 5.54. The molecule has 1 amide bonds. The molecule has 4 rings (SSSR count). The number of rotatable bonds is 3. The fourth-order valence-corrected chi connectivity index (χ4v) is 3.86. The Kier molecular flexibility index (Phi) is 4.53. The summed E-state index contributed by atoms with van der Waals surface area (Å²) in [6.07, 6.45) is 1.42. The van der Waals surface area contributed by atoms with Crippen LogP contribution in [-0.2, 0) is 10.2 Å². The first-order valence-corrected chi connectivity index (χ1v) is 9.27. The van der Waals surface area contributed by atoms with E-state index < -0.39 is 0 Å². The molecule has 0 aliphatic carbocycles. The van der Waals surface area contributed by atoms with Crippen molar-refractivity contribution < 1.29 is 9.18 Å². The van der Waals surface area contributed by atoms with Gasteiger partial charge in [-0.2, -0.15) is 0 Å². The number of anilines is 1. The zero-order valence-corrected chi connectivity index (χ0v) is 15.4. The van der Waals surface area contributed by atoms with Crippen molar-refractivity contribution in [2.45, 2.75) is 25.2 Å². The van der Waals surface area contributed by atoms with Gasteiger partial charge < -0.3 is 4.90 Å². The molecule has 1 atom stereocenters. The first kappa shape index (κ1) is 17.5. The summed E-state index contributed by atoms with van der Waals surface area (Å²) in [6.45, 7) is 2.86. The number of hydrogen-bond acceptors (Lipinski definition) is 1. The Bertz CT molecular complexity index is 952. The van der Waals surface area contributed by atoms with Crippen LogP contribution in [0.2, 0.25) is 0 Å². The third kappa shape index (κ3) is 3.50. The molecule has 0 radical (unpaired) electrons. The standard InChI is InChI=1S/C24H22FNO/c1-24(20-7-3-2-4-8-20)14-15-26(23(27)17-24)22-9-5-6-19(16-22)18-10-12-21(25)13-11-18/h2-13,16H,14-15,17H2,1H3. The van der Waals surface area contributed by atoms with Gasteiger partial charge in [-0.15, -0.1) is 0 Å². The van der Waals surface area contributed by atoms with E-state index in [9.17, 15) is 9.18 Å². The fourth-order valence-electron chi connectivity index (χ4n) is 3.86. The molecule has 136 valence electrons. The minimum absolute atomic E-state index is 0.122. The summed E-state index contributed by atoms with van der Waals surface area (Å²) in [4.78, 5) is 14.8. The van der Waals surface area contributed by atoms with Crippen LogP contribution in [0.15, 0.2) is 78.9 Å². The second kappa shape index (κ2) is 6.99. The fraction of sp³-hybridized carbons (Fsp3) is 0.208. The largest absolute Gasteiger partial charge is 0.312 e. The Hall–Kier alpha value is -2.94.